The minimum atomic E-state index is -0.497. The van der Waals surface area contributed by atoms with Gasteiger partial charge < -0.3 is 15.2 Å². The van der Waals surface area contributed by atoms with Gasteiger partial charge in [0.1, 0.15) is 18.5 Å². The van der Waals surface area contributed by atoms with Crippen molar-refractivity contribution in [3.05, 3.63) is 65.7 Å². The fourth-order valence-electron chi connectivity index (χ4n) is 6.77. The number of hydrogen-bond acceptors (Lipinski definition) is 3. The first-order chi connectivity index (χ1) is 14.7. The standard InChI is InChI=1S/C27H35NO2/c29-25(18-28-11-10-20-4-2-1-3-5-20)19-30-26-8-6-24(7-9-26)27-15-21-12-22(16-27)14-23(13-21)17-27/h1-9,21-23,25,28-29H,10-19H2. The molecule has 0 saturated heterocycles. The number of rotatable bonds is 9. The molecule has 2 aromatic rings. The van der Waals surface area contributed by atoms with E-state index in [1.807, 2.05) is 6.07 Å². The zero-order valence-electron chi connectivity index (χ0n) is 17.9. The molecule has 1 unspecified atom stereocenters. The van der Waals surface area contributed by atoms with Gasteiger partial charge in [-0.15, -0.1) is 0 Å². The molecule has 0 aromatic heterocycles. The molecule has 2 N–H and O–H groups in total. The second kappa shape index (κ2) is 8.72. The molecule has 6 rings (SSSR count). The molecule has 0 heterocycles. The maximum absolute atomic E-state index is 10.2. The number of nitrogens with one attached hydrogen (secondary N) is 1. The van der Waals surface area contributed by atoms with Crippen LogP contribution in [0.4, 0.5) is 0 Å². The number of benzene rings is 2. The summed E-state index contributed by atoms with van der Waals surface area (Å²) in [6.07, 6.45) is 9.11. The largest absolute Gasteiger partial charge is 0.491 e. The average molecular weight is 406 g/mol. The van der Waals surface area contributed by atoms with Crippen molar-refractivity contribution in [1.82, 2.24) is 5.32 Å². The van der Waals surface area contributed by atoms with Crippen LogP contribution >= 0.6 is 0 Å². The molecule has 4 aliphatic carbocycles. The quantitative estimate of drug-likeness (QED) is 0.593. The molecule has 4 aliphatic rings. The predicted octanol–water partition coefficient (Wildman–Crippen LogP) is 4.73. The van der Waals surface area contributed by atoms with Crippen molar-refractivity contribution in [1.29, 1.82) is 0 Å². The molecular weight excluding hydrogens is 370 g/mol. The summed E-state index contributed by atoms with van der Waals surface area (Å²) in [4.78, 5) is 0. The van der Waals surface area contributed by atoms with Crippen LogP contribution in [0.5, 0.6) is 5.75 Å². The highest BCUT2D eigenvalue weighted by Gasteiger charge is 2.51. The van der Waals surface area contributed by atoms with E-state index in [4.69, 9.17) is 4.74 Å². The van der Waals surface area contributed by atoms with Crippen molar-refractivity contribution < 1.29 is 9.84 Å². The Hall–Kier alpha value is -1.84. The molecule has 3 heteroatoms. The molecule has 4 fully saturated rings. The molecular formula is C27H35NO2. The maximum atomic E-state index is 10.2. The van der Waals surface area contributed by atoms with Crippen LogP contribution in [0.1, 0.15) is 49.7 Å². The fraction of sp³-hybridized carbons (Fsp3) is 0.556. The molecule has 0 aliphatic heterocycles. The zero-order valence-corrected chi connectivity index (χ0v) is 17.9. The molecule has 3 nitrogen and oxygen atoms in total. The van der Waals surface area contributed by atoms with E-state index in [0.717, 1.165) is 36.5 Å². The molecule has 160 valence electrons. The Morgan fingerprint density at radius 1 is 0.900 bits per heavy atom. The van der Waals surface area contributed by atoms with Crippen LogP contribution in [0.15, 0.2) is 54.6 Å². The first-order valence-electron chi connectivity index (χ1n) is 11.8. The van der Waals surface area contributed by atoms with Gasteiger partial charge in [-0.25, -0.2) is 0 Å². The molecule has 30 heavy (non-hydrogen) atoms. The van der Waals surface area contributed by atoms with Crippen molar-refractivity contribution in [2.45, 2.75) is 56.5 Å². The lowest BCUT2D eigenvalue weighted by Gasteiger charge is -2.57. The smallest absolute Gasteiger partial charge is 0.119 e. The van der Waals surface area contributed by atoms with Gasteiger partial charge in [-0.3, -0.25) is 0 Å². The number of aliphatic hydroxyl groups is 1. The van der Waals surface area contributed by atoms with Crippen molar-refractivity contribution >= 4 is 0 Å². The Morgan fingerprint density at radius 3 is 2.17 bits per heavy atom. The van der Waals surface area contributed by atoms with Crippen molar-refractivity contribution in [3.63, 3.8) is 0 Å². The van der Waals surface area contributed by atoms with Crippen LogP contribution < -0.4 is 10.1 Å². The fourth-order valence-corrected chi connectivity index (χ4v) is 6.77. The highest BCUT2D eigenvalue weighted by atomic mass is 16.5. The van der Waals surface area contributed by atoms with Crippen LogP contribution in [0.3, 0.4) is 0 Å². The Bertz CT molecular complexity index is 781. The number of ether oxygens (including phenoxy) is 1. The van der Waals surface area contributed by atoms with E-state index in [0.29, 0.717) is 18.6 Å². The molecule has 2 aromatic carbocycles. The third-order valence-corrected chi connectivity index (χ3v) is 7.76. The lowest BCUT2D eigenvalue weighted by molar-refractivity contribution is -0.00521. The van der Waals surface area contributed by atoms with Crippen LogP contribution in [0, 0.1) is 17.8 Å². The van der Waals surface area contributed by atoms with Gasteiger partial charge in [0.25, 0.3) is 0 Å². The van der Waals surface area contributed by atoms with Gasteiger partial charge in [0.05, 0.1) is 0 Å². The molecule has 1 atom stereocenters. The van der Waals surface area contributed by atoms with E-state index < -0.39 is 6.10 Å². The van der Waals surface area contributed by atoms with E-state index in [1.54, 1.807) is 0 Å². The van der Waals surface area contributed by atoms with Gasteiger partial charge in [0.2, 0.25) is 0 Å². The maximum Gasteiger partial charge on any atom is 0.119 e. The SMILES string of the molecule is OC(CNCCc1ccccc1)COc1ccc(C23CC4CC(CC(C4)C2)C3)cc1. The Morgan fingerprint density at radius 2 is 1.53 bits per heavy atom. The summed E-state index contributed by atoms with van der Waals surface area (Å²) in [7, 11) is 0. The molecule has 0 radical (unpaired) electrons. The molecule has 4 saturated carbocycles. The summed E-state index contributed by atoms with van der Waals surface area (Å²) in [6.45, 7) is 1.74. The van der Waals surface area contributed by atoms with Crippen molar-refractivity contribution in [2.24, 2.45) is 17.8 Å². The second-order valence-corrected chi connectivity index (χ2v) is 10.1. The first-order valence-corrected chi connectivity index (χ1v) is 11.8. The molecule has 4 bridgehead atoms. The normalized spacial score (nSPS) is 30.4. The van der Waals surface area contributed by atoms with E-state index >= 15 is 0 Å². The Balaban J connectivity index is 1.07. The Kier molecular flexibility index (Phi) is 5.84. The van der Waals surface area contributed by atoms with Crippen molar-refractivity contribution in [2.75, 3.05) is 19.7 Å². The molecule has 0 amide bonds. The summed E-state index contributed by atoms with van der Waals surface area (Å²) in [5.41, 5.74) is 3.28. The van der Waals surface area contributed by atoms with E-state index in [-0.39, 0.29) is 0 Å². The van der Waals surface area contributed by atoms with Gasteiger partial charge in [0.15, 0.2) is 0 Å². The van der Waals surface area contributed by atoms with E-state index in [1.165, 1.54) is 49.7 Å². The van der Waals surface area contributed by atoms with Gasteiger partial charge in [-0.2, -0.15) is 0 Å². The molecule has 0 spiro atoms. The summed E-state index contributed by atoms with van der Waals surface area (Å²) >= 11 is 0. The monoisotopic (exact) mass is 405 g/mol. The minimum Gasteiger partial charge on any atom is -0.491 e. The third kappa shape index (κ3) is 4.43. The zero-order chi connectivity index (χ0) is 20.4. The lowest BCUT2D eigenvalue weighted by atomic mass is 9.48. The average Bonchev–Trinajstić information content (AvgIpc) is 2.75. The van der Waals surface area contributed by atoms with Gasteiger partial charge in [-0.1, -0.05) is 42.5 Å². The number of aliphatic hydroxyl groups excluding tert-OH is 1. The van der Waals surface area contributed by atoms with Crippen LogP contribution in [-0.2, 0) is 11.8 Å². The van der Waals surface area contributed by atoms with Gasteiger partial charge in [0, 0.05) is 6.54 Å². The summed E-state index contributed by atoms with van der Waals surface area (Å²) in [5, 5.41) is 13.6. The third-order valence-electron chi connectivity index (χ3n) is 7.76. The first kappa shape index (κ1) is 20.1. The lowest BCUT2D eigenvalue weighted by Crippen LogP contribution is -2.48. The van der Waals surface area contributed by atoms with Crippen LogP contribution in [-0.4, -0.2) is 30.9 Å². The predicted molar refractivity (Wildman–Crippen MR) is 121 cm³/mol. The van der Waals surface area contributed by atoms with E-state index in [9.17, 15) is 5.11 Å². The van der Waals surface area contributed by atoms with Gasteiger partial charge >= 0.3 is 0 Å². The van der Waals surface area contributed by atoms with Crippen LogP contribution in [0.2, 0.25) is 0 Å². The number of hydrogen-bond donors (Lipinski definition) is 2. The summed E-state index contributed by atoms with van der Waals surface area (Å²) < 4.78 is 5.87. The van der Waals surface area contributed by atoms with Crippen LogP contribution in [0.25, 0.3) is 0 Å². The summed E-state index contributed by atoms with van der Waals surface area (Å²) in [5.74, 6) is 3.77. The minimum absolute atomic E-state index is 0.328. The topological polar surface area (TPSA) is 41.5 Å². The highest BCUT2D eigenvalue weighted by Crippen LogP contribution is 2.60. The van der Waals surface area contributed by atoms with Crippen molar-refractivity contribution in [3.8, 4) is 5.75 Å². The van der Waals surface area contributed by atoms with Gasteiger partial charge in [-0.05, 0) is 97.9 Å². The Labute approximate surface area is 180 Å². The summed E-state index contributed by atoms with van der Waals surface area (Å²) in [6, 6.07) is 19.3. The highest BCUT2D eigenvalue weighted by molar-refractivity contribution is 5.34. The van der Waals surface area contributed by atoms with E-state index in [2.05, 4.69) is 53.8 Å². The second-order valence-electron chi connectivity index (χ2n) is 10.1.